The highest BCUT2D eigenvalue weighted by Crippen LogP contribution is 2.56. The van der Waals surface area contributed by atoms with Crippen molar-refractivity contribution in [2.45, 2.75) is 58.4 Å². The fourth-order valence-corrected chi connectivity index (χ4v) is 2.82. The Kier molecular flexibility index (Phi) is 3.11. The maximum absolute atomic E-state index is 5.54. The van der Waals surface area contributed by atoms with E-state index in [1.54, 1.807) is 0 Å². The molecule has 76 valence electrons. The molecule has 0 aromatic rings. The largest absolute Gasteiger partial charge is 0.373 e. The number of hydrogen-bond acceptors (Lipinski definition) is 1. The van der Waals surface area contributed by atoms with E-state index in [4.69, 9.17) is 4.74 Å². The molecule has 1 nitrogen and oxygen atoms in total. The standard InChI is InChI=1S/C11H23BO/c1-5-10(4,12)11(6-2,7-3)9-8-13-9/h9H,5-8,12H2,1-4H3. The molecule has 2 unspecified atom stereocenters. The summed E-state index contributed by atoms with van der Waals surface area (Å²) in [5, 5.41) is 0.414. The van der Waals surface area contributed by atoms with E-state index in [-0.39, 0.29) is 0 Å². The van der Waals surface area contributed by atoms with Crippen molar-refractivity contribution < 1.29 is 4.74 Å². The third-order valence-corrected chi connectivity index (χ3v) is 4.44. The van der Waals surface area contributed by atoms with Crippen LogP contribution in [-0.2, 0) is 4.74 Å². The van der Waals surface area contributed by atoms with E-state index in [2.05, 4.69) is 35.5 Å². The molecule has 0 N–H and O–H groups in total. The first kappa shape index (κ1) is 11.1. The van der Waals surface area contributed by atoms with Crippen molar-refractivity contribution in [2.24, 2.45) is 5.41 Å². The van der Waals surface area contributed by atoms with Gasteiger partial charge < -0.3 is 4.74 Å². The van der Waals surface area contributed by atoms with Gasteiger partial charge in [-0.1, -0.05) is 39.4 Å². The van der Waals surface area contributed by atoms with Gasteiger partial charge in [0.05, 0.1) is 12.7 Å². The summed E-state index contributed by atoms with van der Waals surface area (Å²) in [5.74, 6) is 0. The van der Waals surface area contributed by atoms with E-state index in [0.29, 0.717) is 16.8 Å². The van der Waals surface area contributed by atoms with Crippen LogP contribution in [0.5, 0.6) is 0 Å². The van der Waals surface area contributed by atoms with E-state index in [9.17, 15) is 0 Å². The fraction of sp³-hybridized carbons (Fsp3) is 1.00. The summed E-state index contributed by atoms with van der Waals surface area (Å²) in [4.78, 5) is 0. The lowest BCUT2D eigenvalue weighted by Gasteiger charge is -2.45. The summed E-state index contributed by atoms with van der Waals surface area (Å²) in [6.07, 6.45) is 4.27. The average molecular weight is 182 g/mol. The van der Waals surface area contributed by atoms with Crippen LogP contribution in [0.25, 0.3) is 0 Å². The minimum atomic E-state index is 0.414. The van der Waals surface area contributed by atoms with Crippen LogP contribution in [0, 0.1) is 5.41 Å². The average Bonchev–Trinajstić information content (AvgIpc) is 2.91. The van der Waals surface area contributed by atoms with E-state index in [1.807, 2.05) is 0 Å². The molecule has 2 heteroatoms. The third-order valence-electron chi connectivity index (χ3n) is 4.44. The van der Waals surface area contributed by atoms with E-state index in [0.717, 1.165) is 6.61 Å². The predicted octanol–water partition coefficient (Wildman–Crippen LogP) is 2.41. The van der Waals surface area contributed by atoms with E-state index < -0.39 is 0 Å². The van der Waals surface area contributed by atoms with Gasteiger partial charge in [0.1, 0.15) is 7.85 Å². The molecule has 13 heavy (non-hydrogen) atoms. The summed E-state index contributed by atoms with van der Waals surface area (Å²) in [6.45, 7) is 10.3. The first-order valence-electron chi connectivity index (χ1n) is 5.65. The molecule has 2 atom stereocenters. The molecule has 1 heterocycles. The Hall–Kier alpha value is 0.0249. The minimum absolute atomic E-state index is 0.414. The maximum Gasteiger partial charge on any atom is 0.109 e. The molecule has 0 amide bonds. The zero-order valence-electron chi connectivity index (χ0n) is 9.81. The Labute approximate surface area is 83.6 Å². The Balaban J connectivity index is 2.87. The second-order valence-electron chi connectivity index (χ2n) is 4.92. The number of ether oxygens (including phenoxy) is 1. The van der Waals surface area contributed by atoms with Crippen molar-refractivity contribution >= 4 is 7.85 Å². The summed E-state index contributed by atoms with van der Waals surface area (Å²) >= 11 is 0. The van der Waals surface area contributed by atoms with Gasteiger partial charge in [-0.15, -0.1) is 0 Å². The van der Waals surface area contributed by atoms with Crippen LogP contribution in [-0.4, -0.2) is 20.6 Å². The first-order valence-corrected chi connectivity index (χ1v) is 5.65. The smallest absolute Gasteiger partial charge is 0.109 e. The van der Waals surface area contributed by atoms with Gasteiger partial charge in [-0.05, 0) is 18.3 Å². The summed E-state index contributed by atoms with van der Waals surface area (Å²) < 4.78 is 5.54. The molecule has 1 rings (SSSR count). The van der Waals surface area contributed by atoms with Crippen molar-refractivity contribution in [3.8, 4) is 0 Å². The van der Waals surface area contributed by atoms with Crippen molar-refractivity contribution in [2.75, 3.05) is 6.61 Å². The van der Waals surface area contributed by atoms with Crippen LogP contribution < -0.4 is 0 Å². The third kappa shape index (κ3) is 1.65. The molecule has 0 spiro atoms. The quantitative estimate of drug-likeness (QED) is 0.469. The molecule has 1 aliphatic rings. The number of hydrogen-bond donors (Lipinski definition) is 0. The van der Waals surface area contributed by atoms with Crippen LogP contribution in [0.3, 0.4) is 0 Å². The molecule has 0 saturated carbocycles. The second kappa shape index (κ2) is 3.64. The highest BCUT2D eigenvalue weighted by Gasteiger charge is 2.52. The van der Waals surface area contributed by atoms with Crippen molar-refractivity contribution in [3.63, 3.8) is 0 Å². The van der Waals surface area contributed by atoms with Crippen LogP contribution in [0.4, 0.5) is 0 Å². The lowest BCUT2D eigenvalue weighted by Crippen LogP contribution is -2.38. The summed E-state index contributed by atoms with van der Waals surface area (Å²) in [5.41, 5.74) is 0.418. The monoisotopic (exact) mass is 182 g/mol. The normalized spacial score (nSPS) is 26.9. The molecule has 1 aliphatic heterocycles. The van der Waals surface area contributed by atoms with Gasteiger partial charge in [-0.25, -0.2) is 0 Å². The number of rotatable bonds is 5. The van der Waals surface area contributed by atoms with Gasteiger partial charge in [0, 0.05) is 0 Å². The molecule has 1 saturated heterocycles. The van der Waals surface area contributed by atoms with Gasteiger partial charge in [-0.2, -0.15) is 0 Å². The van der Waals surface area contributed by atoms with Crippen LogP contribution in [0.2, 0.25) is 5.31 Å². The van der Waals surface area contributed by atoms with Crippen molar-refractivity contribution in [1.82, 2.24) is 0 Å². The topological polar surface area (TPSA) is 12.5 Å². The lowest BCUT2D eigenvalue weighted by atomic mass is 9.49. The van der Waals surface area contributed by atoms with E-state index >= 15 is 0 Å². The van der Waals surface area contributed by atoms with Gasteiger partial charge in [0.25, 0.3) is 0 Å². The van der Waals surface area contributed by atoms with Gasteiger partial charge in [0.15, 0.2) is 0 Å². The van der Waals surface area contributed by atoms with Crippen LogP contribution >= 0.6 is 0 Å². The Morgan fingerprint density at radius 2 is 1.69 bits per heavy atom. The van der Waals surface area contributed by atoms with Gasteiger partial charge in [0.2, 0.25) is 0 Å². The fourth-order valence-electron chi connectivity index (χ4n) is 2.82. The highest BCUT2D eigenvalue weighted by molar-refractivity contribution is 6.15. The summed E-state index contributed by atoms with van der Waals surface area (Å²) in [6, 6.07) is 0. The molecular formula is C11H23BO. The number of epoxide rings is 1. The lowest BCUT2D eigenvalue weighted by molar-refractivity contribution is 0.114. The SMILES string of the molecule is BC(C)(CC)C(CC)(CC)C1CO1. The molecule has 1 fully saturated rings. The molecule has 0 aromatic carbocycles. The van der Waals surface area contributed by atoms with Crippen molar-refractivity contribution in [3.05, 3.63) is 0 Å². The van der Waals surface area contributed by atoms with E-state index in [1.165, 1.54) is 19.3 Å². The summed E-state index contributed by atoms with van der Waals surface area (Å²) in [7, 11) is 2.39. The molecular weight excluding hydrogens is 159 g/mol. The predicted molar refractivity (Wildman–Crippen MR) is 60.0 cm³/mol. The molecule has 0 radical (unpaired) electrons. The van der Waals surface area contributed by atoms with Crippen molar-refractivity contribution in [1.29, 1.82) is 0 Å². The Morgan fingerprint density at radius 3 is 1.92 bits per heavy atom. The Bertz CT molecular complexity index is 169. The minimum Gasteiger partial charge on any atom is -0.373 e. The van der Waals surface area contributed by atoms with Gasteiger partial charge in [-0.3, -0.25) is 0 Å². The van der Waals surface area contributed by atoms with Crippen LogP contribution in [0.1, 0.15) is 47.0 Å². The first-order chi connectivity index (χ1) is 6.04. The highest BCUT2D eigenvalue weighted by atomic mass is 16.6. The zero-order chi connectivity index (χ0) is 10.1. The maximum atomic E-state index is 5.54. The molecule has 0 aliphatic carbocycles. The second-order valence-corrected chi connectivity index (χ2v) is 4.92. The molecule has 0 bridgehead atoms. The zero-order valence-corrected chi connectivity index (χ0v) is 9.81. The van der Waals surface area contributed by atoms with Crippen LogP contribution in [0.15, 0.2) is 0 Å². The Morgan fingerprint density at radius 1 is 1.23 bits per heavy atom. The van der Waals surface area contributed by atoms with Gasteiger partial charge >= 0.3 is 0 Å². The molecule has 0 aromatic heterocycles.